The lowest BCUT2D eigenvalue weighted by atomic mass is 10.6. The molecule has 0 fully saturated rings. The van der Waals surface area contributed by atoms with Crippen molar-refractivity contribution in [3.8, 4) is 0 Å². The molecule has 4 heteroatoms. The molecule has 0 aromatic carbocycles. The molecule has 0 atom stereocenters. The van der Waals surface area contributed by atoms with Gasteiger partial charge < -0.3 is 4.84 Å². The van der Waals surface area contributed by atoms with Crippen LogP contribution in [0.15, 0.2) is 10.5 Å². The summed E-state index contributed by atoms with van der Waals surface area (Å²) < 4.78 is 0. The van der Waals surface area contributed by atoms with Crippen molar-refractivity contribution >= 4 is 17.6 Å². The van der Waals surface area contributed by atoms with Gasteiger partial charge in [0.1, 0.15) is 18.3 Å². The van der Waals surface area contributed by atoms with Crippen molar-refractivity contribution in [3.05, 3.63) is 16.1 Å². The summed E-state index contributed by atoms with van der Waals surface area (Å²) in [6.07, 6.45) is 1.59. The Morgan fingerprint density at radius 1 is 1.80 bits per heavy atom. The molecule has 0 aliphatic heterocycles. The van der Waals surface area contributed by atoms with Gasteiger partial charge in [-0.05, 0) is 6.92 Å². The van der Waals surface area contributed by atoms with Crippen molar-refractivity contribution in [1.82, 2.24) is 4.98 Å². The Hall–Kier alpha value is -0.900. The van der Waals surface area contributed by atoms with Crippen molar-refractivity contribution in [2.75, 3.05) is 7.11 Å². The summed E-state index contributed by atoms with van der Waals surface area (Å²) in [5.41, 5.74) is 1.02. The molecule has 10 heavy (non-hydrogen) atoms. The van der Waals surface area contributed by atoms with Crippen molar-refractivity contribution in [3.63, 3.8) is 0 Å². The van der Waals surface area contributed by atoms with E-state index in [4.69, 9.17) is 0 Å². The van der Waals surface area contributed by atoms with Gasteiger partial charge in [0, 0.05) is 11.1 Å². The number of aryl methyl sites for hydroxylation is 1. The van der Waals surface area contributed by atoms with E-state index in [-0.39, 0.29) is 0 Å². The number of rotatable bonds is 2. The van der Waals surface area contributed by atoms with Crippen LogP contribution in [0.4, 0.5) is 0 Å². The SMILES string of the molecule is CO/N=C/c1nc(C)cs1. The molecule has 0 amide bonds. The van der Waals surface area contributed by atoms with Crippen LogP contribution in [-0.4, -0.2) is 18.3 Å². The molecule has 0 aliphatic rings. The Morgan fingerprint density at radius 2 is 2.60 bits per heavy atom. The molecule has 0 unspecified atom stereocenters. The van der Waals surface area contributed by atoms with Crippen LogP contribution < -0.4 is 0 Å². The zero-order chi connectivity index (χ0) is 7.40. The van der Waals surface area contributed by atoms with Crippen LogP contribution in [0.5, 0.6) is 0 Å². The Bertz CT molecular complexity index is 231. The molecule has 0 aliphatic carbocycles. The van der Waals surface area contributed by atoms with E-state index < -0.39 is 0 Å². The molecular weight excluding hydrogens is 148 g/mol. The summed E-state index contributed by atoms with van der Waals surface area (Å²) >= 11 is 1.55. The fourth-order valence-corrected chi connectivity index (χ4v) is 1.17. The highest BCUT2D eigenvalue weighted by molar-refractivity contribution is 7.11. The molecule has 0 radical (unpaired) electrons. The summed E-state index contributed by atoms with van der Waals surface area (Å²) in [7, 11) is 1.51. The quantitative estimate of drug-likeness (QED) is 0.479. The molecule has 3 nitrogen and oxygen atoms in total. The second kappa shape index (κ2) is 3.31. The zero-order valence-electron chi connectivity index (χ0n) is 5.87. The molecule has 0 spiro atoms. The van der Waals surface area contributed by atoms with E-state index in [1.807, 2.05) is 12.3 Å². The smallest absolute Gasteiger partial charge is 0.138 e. The predicted octanol–water partition coefficient (Wildman–Crippen LogP) is 1.43. The molecule has 1 aromatic heterocycles. The summed E-state index contributed by atoms with van der Waals surface area (Å²) in [5, 5.41) is 6.42. The largest absolute Gasteiger partial charge is 0.399 e. The van der Waals surface area contributed by atoms with Gasteiger partial charge in [-0.3, -0.25) is 0 Å². The van der Waals surface area contributed by atoms with Crippen LogP contribution in [0.25, 0.3) is 0 Å². The number of hydrogen-bond acceptors (Lipinski definition) is 4. The van der Waals surface area contributed by atoms with Crippen molar-refractivity contribution in [2.24, 2.45) is 5.16 Å². The van der Waals surface area contributed by atoms with Gasteiger partial charge in [-0.1, -0.05) is 5.16 Å². The van der Waals surface area contributed by atoms with E-state index >= 15 is 0 Å². The Morgan fingerprint density at radius 3 is 3.10 bits per heavy atom. The van der Waals surface area contributed by atoms with E-state index in [1.165, 1.54) is 7.11 Å². The van der Waals surface area contributed by atoms with Gasteiger partial charge >= 0.3 is 0 Å². The minimum atomic E-state index is 0.874. The van der Waals surface area contributed by atoms with Gasteiger partial charge in [-0.25, -0.2) is 4.98 Å². The maximum absolute atomic E-state index is 4.49. The number of aromatic nitrogens is 1. The van der Waals surface area contributed by atoms with Crippen LogP contribution in [0.3, 0.4) is 0 Å². The lowest BCUT2D eigenvalue weighted by Crippen LogP contribution is -1.79. The molecule has 1 aromatic rings. The summed E-state index contributed by atoms with van der Waals surface area (Å²) in [6.45, 7) is 1.95. The third kappa shape index (κ3) is 1.80. The maximum Gasteiger partial charge on any atom is 0.138 e. The van der Waals surface area contributed by atoms with Gasteiger partial charge in [0.25, 0.3) is 0 Å². The Labute approximate surface area is 63.3 Å². The lowest BCUT2D eigenvalue weighted by molar-refractivity contribution is 0.215. The third-order valence-corrected chi connectivity index (χ3v) is 1.80. The normalized spacial score (nSPS) is 10.6. The average molecular weight is 156 g/mol. The number of hydrogen-bond donors (Lipinski definition) is 0. The van der Waals surface area contributed by atoms with Crippen LogP contribution in [-0.2, 0) is 4.84 Å². The van der Waals surface area contributed by atoms with E-state index in [9.17, 15) is 0 Å². The second-order valence-corrected chi connectivity index (χ2v) is 2.63. The van der Waals surface area contributed by atoms with E-state index in [2.05, 4.69) is 15.0 Å². The average Bonchev–Trinajstić information content (AvgIpc) is 2.31. The summed E-state index contributed by atoms with van der Waals surface area (Å²) in [4.78, 5) is 8.63. The topological polar surface area (TPSA) is 34.5 Å². The number of nitrogens with zero attached hydrogens (tertiary/aromatic N) is 2. The first-order chi connectivity index (χ1) is 4.83. The van der Waals surface area contributed by atoms with Crippen molar-refractivity contribution < 1.29 is 4.84 Å². The fraction of sp³-hybridized carbons (Fsp3) is 0.333. The van der Waals surface area contributed by atoms with Crippen LogP contribution in [0, 0.1) is 6.92 Å². The highest BCUT2D eigenvalue weighted by Gasteiger charge is 1.92. The van der Waals surface area contributed by atoms with Crippen LogP contribution in [0.1, 0.15) is 10.7 Å². The molecule has 54 valence electrons. The van der Waals surface area contributed by atoms with E-state index in [0.29, 0.717) is 0 Å². The van der Waals surface area contributed by atoms with Gasteiger partial charge in [-0.2, -0.15) is 0 Å². The summed E-state index contributed by atoms with van der Waals surface area (Å²) in [5.74, 6) is 0. The fourth-order valence-electron chi connectivity index (χ4n) is 0.529. The van der Waals surface area contributed by atoms with E-state index in [0.717, 1.165) is 10.7 Å². The predicted molar refractivity (Wildman–Crippen MR) is 41.5 cm³/mol. The summed E-state index contributed by atoms with van der Waals surface area (Å²) in [6, 6.07) is 0. The van der Waals surface area contributed by atoms with E-state index in [1.54, 1.807) is 17.6 Å². The molecule has 1 rings (SSSR count). The Balaban J connectivity index is 2.67. The first-order valence-electron chi connectivity index (χ1n) is 2.81. The van der Waals surface area contributed by atoms with Crippen LogP contribution >= 0.6 is 11.3 Å². The molecule has 1 heterocycles. The second-order valence-electron chi connectivity index (χ2n) is 1.74. The molecule has 0 saturated heterocycles. The van der Waals surface area contributed by atoms with Crippen LogP contribution in [0.2, 0.25) is 0 Å². The molecule has 0 saturated carbocycles. The maximum atomic E-state index is 4.49. The zero-order valence-corrected chi connectivity index (χ0v) is 6.68. The van der Waals surface area contributed by atoms with Gasteiger partial charge in [-0.15, -0.1) is 11.3 Å². The number of thiazole rings is 1. The van der Waals surface area contributed by atoms with Gasteiger partial charge in [0.2, 0.25) is 0 Å². The molecular formula is C6H8N2OS. The number of oxime groups is 1. The Kier molecular flexibility index (Phi) is 2.39. The third-order valence-electron chi connectivity index (χ3n) is 0.905. The highest BCUT2D eigenvalue weighted by atomic mass is 32.1. The monoisotopic (exact) mass is 156 g/mol. The minimum Gasteiger partial charge on any atom is -0.399 e. The molecule has 0 N–H and O–H groups in total. The molecule has 0 bridgehead atoms. The standard InChI is InChI=1S/C6H8N2OS/c1-5-4-10-6(8-5)3-7-9-2/h3-4H,1-2H3/b7-3+. The highest BCUT2D eigenvalue weighted by Crippen LogP contribution is 2.05. The van der Waals surface area contributed by atoms with Gasteiger partial charge in [0.15, 0.2) is 0 Å². The first-order valence-corrected chi connectivity index (χ1v) is 3.69. The van der Waals surface area contributed by atoms with Crippen molar-refractivity contribution in [1.29, 1.82) is 0 Å². The lowest BCUT2D eigenvalue weighted by Gasteiger charge is -1.81. The van der Waals surface area contributed by atoms with Crippen molar-refractivity contribution in [2.45, 2.75) is 6.92 Å². The minimum absolute atomic E-state index is 0.874. The first kappa shape index (κ1) is 7.21. The van der Waals surface area contributed by atoms with Gasteiger partial charge in [0.05, 0.1) is 0 Å².